The summed E-state index contributed by atoms with van der Waals surface area (Å²) in [5, 5.41) is 0. The molecule has 0 saturated carbocycles. The van der Waals surface area contributed by atoms with Crippen molar-refractivity contribution < 1.29 is 9.53 Å². The maximum Gasteiger partial charge on any atom is 0.226 e. The van der Waals surface area contributed by atoms with Gasteiger partial charge in [0.25, 0.3) is 0 Å². The topological polar surface area (TPSA) is 36.0 Å². The fourth-order valence-corrected chi connectivity index (χ4v) is 2.49. The van der Waals surface area contributed by atoms with Crippen molar-refractivity contribution in [3.8, 4) is 5.75 Å². The molecule has 1 aromatic carbocycles. The first-order valence-electron chi connectivity index (χ1n) is 7.98. The van der Waals surface area contributed by atoms with E-state index in [-0.39, 0.29) is 5.91 Å². The van der Waals surface area contributed by atoms with Crippen LogP contribution in [0.25, 0.3) is 0 Å². The van der Waals surface area contributed by atoms with Crippen LogP contribution in [0, 0.1) is 0 Å². The van der Waals surface area contributed by atoms with Gasteiger partial charge in [0.2, 0.25) is 5.91 Å². The number of carbonyl (C=O) groups is 1. The SMILES string of the molecule is CN(C)CCN1CCN(C(=O)CCOc2ccccc2)CC1. The number of hydrogen-bond donors (Lipinski definition) is 0. The van der Waals surface area contributed by atoms with E-state index in [1.807, 2.05) is 35.2 Å². The second-order valence-corrected chi connectivity index (χ2v) is 5.94. The molecule has 22 heavy (non-hydrogen) atoms. The van der Waals surface area contributed by atoms with E-state index in [1.165, 1.54) is 0 Å². The molecular weight excluding hydrogens is 278 g/mol. The van der Waals surface area contributed by atoms with E-state index in [2.05, 4.69) is 23.9 Å². The smallest absolute Gasteiger partial charge is 0.226 e. The number of hydrogen-bond acceptors (Lipinski definition) is 4. The largest absolute Gasteiger partial charge is 0.493 e. The molecule has 0 unspecified atom stereocenters. The molecule has 5 heteroatoms. The number of nitrogens with zero attached hydrogens (tertiary/aromatic N) is 3. The van der Waals surface area contributed by atoms with Gasteiger partial charge in [-0.1, -0.05) is 18.2 Å². The third-order valence-corrected chi connectivity index (χ3v) is 3.92. The quantitative estimate of drug-likeness (QED) is 0.757. The van der Waals surface area contributed by atoms with Crippen LogP contribution in [-0.2, 0) is 4.79 Å². The predicted octanol–water partition coefficient (Wildman–Crippen LogP) is 1.16. The lowest BCUT2D eigenvalue weighted by Gasteiger charge is -2.35. The number of carbonyl (C=O) groups excluding carboxylic acids is 1. The summed E-state index contributed by atoms with van der Waals surface area (Å²) in [4.78, 5) is 18.8. The van der Waals surface area contributed by atoms with Gasteiger partial charge in [0.05, 0.1) is 13.0 Å². The Morgan fingerprint density at radius 3 is 2.45 bits per heavy atom. The van der Waals surface area contributed by atoms with Crippen LogP contribution in [0.3, 0.4) is 0 Å². The first kappa shape index (κ1) is 16.8. The van der Waals surface area contributed by atoms with Crippen LogP contribution >= 0.6 is 0 Å². The predicted molar refractivity (Wildman–Crippen MR) is 88.1 cm³/mol. The summed E-state index contributed by atoms with van der Waals surface area (Å²) in [6.45, 7) is 6.20. The molecule has 122 valence electrons. The van der Waals surface area contributed by atoms with E-state index < -0.39 is 0 Å². The van der Waals surface area contributed by atoms with E-state index in [4.69, 9.17) is 4.74 Å². The molecule has 0 spiro atoms. The Kier molecular flexibility index (Phi) is 6.68. The average Bonchev–Trinajstić information content (AvgIpc) is 2.54. The van der Waals surface area contributed by atoms with E-state index >= 15 is 0 Å². The maximum atomic E-state index is 12.2. The molecule has 0 aromatic heterocycles. The fraction of sp³-hybridized carbons (Fsp3) is 0.588. The Hall–Kier alpha value is -1.59. The monoisotopic (exact) mass is 305 g/mol. The van der Waals surface area contributed by atoms with Crippen molar-refractivity contribution in [3.05, 3.63) is 30.3 Å². The minimum absolute atomic E-state index is 0.197. The molecule has 1 aliphatic rings. The molecule has 1 heterocycles. The van der Waals surface area contributed by atoms with Crippen molar-refractivity contribution in [1.82, 2.24) is 14.7 Å². The van der Waals surface area contributed by atoms with Crippen molar-refractivity contribution in [2.75, 3.05) is 60.0 Å². The molecule has 1 aromatic rings. The molecule has 1 amide bonds. The Bertz CT molecular complexity index is 442. The number of benzene rings is 1. The molecule has 5 nitrogen and oxygen atoms in total. The normalized spacial score (nSPS) is 16.0. The number of ether oxygens (including phenoxy) is 1. The highest BCUT2D eigenvalue weighted by atomic mass is 16.5. The van der Waals surface area contributed by atoms with Gasteiger partial charge in [0.1, 0.15) is 5.75 Å². The second-order valence-electron chi connectivity index (χ2n) is 5.94. The van der Waals surface area contributed by atoms with Gasteiger partial charge in [0, 0.05) is 39.3 Å². The lowest BCUT2D eigenvalue weighted by Crippen LogP contribution is -2.50. The maximum absolute atomic E-state index is 12.2. The summed E-state index contributed by atoms with van der Waals surface area (Å²) in [6.07, 6.45) is 0.451. The van der Waals surface area contributed by atoms with E-state index in [0.717, 1.165) is 45.0 Å². The van der Waals surface area contributed by atoms with E-state index in [0.29, 0.717) is 13.0 Å². The number of amides is 1. The van der Waals surface area contributed by atoms with Crippen molar-refractivity contribution in [2.45, 2.75) is 6.42 Å². The lowest BCUT2D eigenvalue weighted by atomic mass is 10.2. The molecule has 0 atom stereocenters. The van der Waals surface area contributed by atoms with Crippen LogP contribution in [0.15, 0.2) is 30.3 Å². The molecule has 1 aliphatic heterocycles. The van der Waals surface area contributed by atoms with Crippen LogP contribution in [0.1, 0.15) is 6.42 Å². The van der Waals surface area contributed by atoms with E-state index in [9.17, 15) is 4.79 Å². The zero-order chi connectivity index (χ0) is 15.8. The lowest BCUT2D eigenvalue weighted by molar-refractivity contribution is -0.133. The van der Waals surface area contributed by atoms with Crippen molar-refractivity contribution in [3.63, 3.8) is 0 Å². The van der Waals surface area contributed by atoms with Gasteiger partial charge in [-0.05, 0) is 26.2 Å². The second kappa shape index (κ2) is 8.76. The summed E-state index contributed by atoms with van der Waals surface area (Å²) in [5.41, 5.74) is 0. The zero-order valence-electron chi connectivity index (χ0n) is 13.7. The standard InChI is InChI=1S/C17H27N3O2/c1-18(2)9-10-19-11-13-20(14-12-19)17(21)8-15-22-16-6-4-3-5-7-16/h3-7H,8-15H2,1-2H3. The van der Waals surface area contributed by atoms with Gasteiger partial charge in [0.15, 0.2) is 0 Å². The molecule has 1 saturated heterocycles. The van der Waals surface area contributed by atoms with E-state index in [1.54, 1.807) is 0 Å². The van der Waals surface area contributed by atoms with Gasteiger partial charge in [-0.2, -0.15) is 0 Å². The molecule has 0 N–H and O–H groups in total. The first-order chi connectivity index (χ1) is 10.6. The Balaban J connectivity index is 1.63. The Morgan fingerprint density at radius 1 is 1.14 bits per heavy atom. The van der Waals surface area contributed by atoms with Crippen molar-refractivity contribution in [1.29, 1.82) is 0 Å². The first-order valence-corrected chi connectivity index (χ1v) is 7.98. The highest BCUT2D eigenvalue weighted by Gasteiger charge is 2.20. The third-order valence-electron chi connectivity index (χ3n) is 3.92. The number of piperazine rings is 1. The highest BCUT2D eigenvalue weighted by molar-refractivity contribution is 5.76. The molecule has 2 rings (SSSR count). The number of likely N-dealkylation sites (N-methyl/N-ethyl adjacent to an activating group) is 1. The Morgan fingerprint density at radius 2 is 1.82 bits per heavy atom. The molecule has 0 aliphatic carbocycles. The average molecular weight is 305 g/mol. The number of rotatable bonds is 7. The van der Waals surface area contributed by atoms with Gasteiger partial charge in [-0.25, -0.2) is 0 Å². The minimum Gasteiger partial charge on any atom is -0.493 e. The van der Waals surface area contributed by atoms with Crippen LogP contribution in [-0.4, -0.2) is 80.6 Å². The van der Waals surface area contributed by atoms with Crippen molar-refractivity contribution in [2.24, 2.45) is 0 Å². The van der Waals surface area contributed by atoms with Gasteiger partial charge >= 0.3 is 0 Å². The summed E-state index contributed by atoms with van der Waals surface area (Å²) in [6, 6.07) is 9.64. The minimum atomic E-state index is 0.197. The summed E-state index contributed by atoms with van der Waals surface area (Å²) in [5.74, 6) is 1.02. The third kappa shape index (κ3) is 5.66. The van der Waals surface area contributed by atoms with Gasteiger partial charge in [-0.3, -0.25) is 9.69 Å². The summed E-state index contributed by atoms with van der Waals surface area (Å²) < 4.78 is 5.59. The van der Waals surface area contributed by atoms with Gasteiger partial charge in [-0.15, -0.1) is 0 Å². The van der Waals surface area contributed by atoms with Crippen LogP contribution in [0.5, 0.6) is 5.75 Å². The highest BCUT2D eigenvalue weighted by Crippen LogP contribution is 2.09. The van der Waals surface area contributed by atoms with Crippen molar-refractivity contribution >= 4 is 5.91 Å². The van der Waals surface area contributed by atoms with Crippen LogP contribution in [0.4, 0.5) is 0 Å². The van der Waals surface area contributed by atoms with Crippen LogP contribution in [0.2, 0.25) is 0 Å². The summed E-state index contributed by atoms with van der Waals surface area (Å²) >= 11 is 0. The zero-order valence-corrected chi connectivity index (χ0v) is 13.7. The molecular formula is C17H27N3O2. The fourth-order valence-electron chi connectivity index (χ4n) is 2.49. The number of para-hydroxylation sites is 1. The van der Waals surface area contributed by atoms with Crippen LogP contribution < -0.4 is 4.74 Å². The Labute approximate surface area is 133 Å². The van der Waals surface area contributed by atoms with Gasteiger partial charge < -0.3 is 14.5 Å². The molecule has 1 fully saturated rings. The molecule has 0 bridgehead atoms. The molecule has 0 radical (unpaired) electrons. The summed E-state index contributed by atoms with van der Waals surface area (Å²) in [7, 11) is 4.18.